The van der Waals surface area contributed by atoms with Gasteiger partial charge in [-0.25, -0.2) is 9.97 Å². The highest BCUT2D eigenvalue weighted by molar-refractivity contribution is 5.47. The summed E-state index contributed by atoms with van der Waals surface area (Å²) in [6, 6.07) is 1.80. The van der Waals surface area contributed by atoms with Crippen molar-refractivity contribution < 1.29 is 5.11 Å². The predicted molar refractivity (Wildman–Crippen MR) is 72.6 cm³/mol. The molecular formula is C13H22N4O. The first-order valence-corrected chi connectivity index (χ1v) is 6.75. The standard InChI is InChI=1S/C13H22N4O/c1-2-3-6-17(7-8-18)12-9-11(14)15-13(16-12)10-4-5-10/h9-10,18H,2-8H2,1H3,(H2,14,15,16). The zero-order valence-corrected chi connectivity index (χ0v) is 11.0. The number of unbranched alkanes of at least 4 members (excludes halogenated alkanes) is 1. The van der Waals surface area contributed by atoms with E-state index in [1.165, 1.54) is 0 Å². The van der Waals surface area contributed by atoms with E-state index in [4.69, 9.17) is 10.8 Å². The van der Waals surface area contributed by atoms with Gasteiger partial charge in [0.1, 0.15) is 17.5 Å². The highest BCUT2D eigenvalue weighted by Crippen LogP contribution is 2.38. The van der Waals surface area contributed by atoms with Crippen LogP contribution in [0.1, 0.15) is 44.3 Å². The van der Waals surface area contributed by atoms with Crippen LogP contribution in [0.15, 0.2) is 6.07 Å². The Morgan fingerprint density at radius 1 is 1.39 bits per heavy atom. The molecule has 0 aliphatic heterocycles. The van der Waals surface area contributed by atoms with Crippen LogP contribution in [0.25, 0.3) is 0 Å². The van der Waals surface area contributed by atoms with Crippen molar-refractivity contribution in [3.05, 3.63) is 11.9 Å². The largest absolute Gasteiger partial charge is 0.395 e. The van der Waals surface area contributed by atoms with Crippen LogP contribution in [0.3, 0.4) is 0 Å². The first-order valence-electron chi connectivity index (χ1n) is 6.75. The van der Waals surface area contributed by atoms with Crippen LogP contribution in [0, 0.1) is 0 Å². The van der Waals surface area contributed by atoms with E-state index < -0.39 is 0 Å². The molecule has 5 heteroatoms. The fourth-order valence-corrected chi connectivity index (χ4v) is 1.97. The molecule has 18 heavy (non-hydrogen) atoms. The Morgan fingerprint density at radius 2 is 2.17 bits per heavy atom. The molecule has 0 saturated heterocycles. The maximum atomic E-state index is 9.14. The topological polar surface area (TPSA) is 75.3 Å². The van der Waals surface area contributed by atoms with Crippen molar-refractivity contribution in [2.24, 2.45) is 0 Å². The normalized spacial score (nSPS) is 14.8. The van der Waals surface area contributed by atoms with Crippen LogP contribution >= 0.6 is 0 Å². The van der Waals surface area contributed by atoms with Crippen LogP contribution in [-0.2, 0) is 0 Å². The van der Waals surface area contributed by atoms with Crippen molar-refractivity contribution in [3.8, 4) is 0 Å². The summed E-state index contributed by atoms with van der Waals surface area (Å²) < 4.78 is 0. The smallest absolute Gasteiger partial charge is 0.136 e. The second-order valence-corrected chi connectivity index (χ2v) is 4.85. The molecule has 0 unspecified atom stereocenters. The summed E-state index contributed by atoms with van der Waals surface area (Å²) in [6.45, 7) is 3.78. The number of nitrogens with zero attached hydrogens (tertiary/aromatic N) is 3. The van der Waals surface area contributed by atoms with Crippen molar-refractivity contribution in [1.82, 2.24) is 9.97 Å². The Morgan fingerprint density at radius 3 is 2.78 bits per heavy atom. The van der Waals surface area contributed by atoms with Crippen LogP contribution < -0.4 is 10.6 Å². The number of aliphatic hydroxyl groups excluding tert-OH is 1. The molecule has 100 valence electrons. The van der Waals surface area contributed by atoms with Gasteiger partial charge >= 0.3 is 0 Å². The Kier molecular flexibility index (Phi) is 4.36. The molecule has 0 spiro atoms. The van der Waals surface area contributed by atoms with Gasteiger partial charge in [-0.15, -0.1) is 0 Å². The lowest BCUT2D eigenvalue weighted by atomic mass is 10.3. The van der Waals surface area contributed by atoms with Crippen molar-refractivity contribution in [1.29, 1.82) is 0 Å². The quantitative estimate of drug-likeness (QED) is 0.767. The predicted octanol–water partition coefficient (Wildman–Crippen LogP) is 1.53. The third-order valence-corrected chi connectivity index (χ3v) is 3.17. The number of nitrogens with two attached hydrogens (primary N) is 1. The second-order valence-electron chi connectivity index (χ2n) is 4.85. The summed E-state index contributed by atoms with van der Waals surface area (Å²) in [5.74, 6) is 2.74. The monoisotopic (exact) mass is 250 g/mol. The molecule has 3 N–H and O–H groups in total. The third-order valence-electron chi connectivity index (χ3n) is 3.17. The number of hydrogen-bond acceptors (Lipinski definition) is 5. The molecule has 0 bridgehead atoms. The molecule has 1 saturated carbocycles. The average Bonchev–Trinajstić information content (AvgIpc) is 3.17. The van der Waals surface area contributed by atoms with Crippen LogP contribution in [0.5, 0.6) is 0 Å². The van der Waals surface area contributed by atoms with Crippen LogP contribution in [-0.4, -0.2) is 34.8 Å². The van der Waals surface area contributed by atoms with E-state index in [-0.39, 0.29) is 6.61 Å². The van der Waals surface area contributed by atoms with E-state index in [0.29, 0.717) is 18.3 Å². The Bertz CT molecular complexity index is 393. The van der Waals surface area contributed by atoms with Gasteiger partial charge in [-0.2, -0.15) is 0 Å². The van der Waals surface area contributed by atoms with E-state index in [2.05, 4.69) is 21.8 Å². The number of aliphatic hydroxyl groups is 1. The number of rotatable bonds is 7. The summed E-state index contributed by atoms with van der Waals surface area (Å²) in [7, 11) is 0. The Balaban J connectivity index is 2.16. The van der Waals surface area contributed by atoms with Crippen molar-refractivity contribution in [3.63, 3.8) is 0 Å². The molecule has 1 aliphatic rings. The van der Waals surface area contributed by atoms with Crippen molar-refractivity contribution >= 4 is 11.6 Å². The van der Waals surface area contributed by atoms with E-state index in [0.717, 1.165) is 43.9 Å². The molecular weight excluding hydrogens is 228 g/mol. The van der Waals surface area contributed by atoms with Gasteiger partial charge in [-0.05, 0) is 19.3 Å². The molecule has 0 amide bonds. The van der Waals surface area contributed by atoms with Gasteiger partial charge in [-0.3, -0.25) is 0 Å². The minimum atomic E-state index is 0.131. The van der Waals surface area contributed by atoms with Gasteiger partial charge < -0.3 is 15.7 Å². The minimum absolute atomic E-state index is 0.131. The molecule has 2 rings (SSSR count). The lowest BCUT2D eigenvalue weighted by molar-refractivity contribution is 0.301. The lowest BCUT2D eigenvalue weighted by Crippen LogP contribution is -2.29. The van der Waals surface area contributed by atoms with E-state index in [1.54, 1.807) is 6.07 Å². The third kappa shape index (κ3) is 3.32. The molecule has 1 heterocycles. The zero-order valence-electron chi connectivity index (χ0n) is 11.0. The highest BCUT2D eigenvalue weighted by atomic mass is 16.3. The first kappa shape index (κ1) is 13.1. The maximum Gasteiger partial charge on any atom is 0.136 e. The maximum absolute atomic E-state index is 9.14. The summed E-state index contributed by atoms with van der Waals surface area (Å²) >= 11 is 0. The fourth-order valence-electron chi connectivity index (χ4n) is 1.97. The van der Waals surface area contributed by atoms with E-state index >= 15 is 0 Å². The molecule has 5 nitrogen and oxygen atoms in total. The van der Waals surface area contributed by atoms with Crippen LogP contribution in [0.2, 0.25) is 0 Å². The SMILES string of the molecule is CCCCN(CCO)c1cc(N)nc(C2CC2)n1. The molecule has 0 radical (unpaired) electrons. The summed E-state index contributed by atoms with van der Waals surface area (Å²) in [4.78, 5) is 11.0. The van der Waals surface area contributed by atoms with E-state index in [1.807, 2.05) is 0 Å². The number of hydrogen-bond donors (Lipinski definition) is 2. The number of aromatic nitrogens is 2. The summed E-state index contributed by atoms with van der Waals surface area (Å²) in [5, 5.41) is 9.14. The van der Waals surface area contributed by atoms with Gasteiger partial charge in [0.25, 0.3) is 0 Å². The van der Waals surface area contributed by atoms with Crippen molar-refractivity contribution in [2.75, 3.05) is 30.3 Å². The van der Waals surface area contributed by atoms with E-state index in [9.17, 15) is 0 Å². The van der Waals surface area contributed by atoms with Gasteiger partial charge in [0.15, 0.2) is 0 Å². The highest BCUT2D eigenvalue weighted by Gasteiger charge is 2.27. The van der Waals surface area contributed by atoms with Crippen molar-refractivity contribution in [2.45, 2.75) is 38.5 Å². The van der Waals surface area contributed by atoms with Gasteiger partial charge in [0.05, 0.1) is 6.61 Å². The summed E-state index contributed by atoms with van der Waals surface area (Å²) in [5.41, 5.74) is 5.85. The molecule has 1 fully saturated rings. The molecule has 0 atom stereocenters. The Hall–Kier alpha value is -1.36. The second kappa shape index (κ2) is 6.00. The lowest BCUT2D eigenvalue weighted by Gasteiger charge is -2.23. The summed E-state index contributed by atoms with van der Waals surface area (Å²) in [6.07, 6.45) is 4.54. The first-order chi connectivity index (χ1) is 8.74. The van der Waals surface area contributed by atoms with Crippen LogP contribution in [0.4, 0.5) is 11.6 Å². The number of nitrogen functional groups attached to an aromatic ring is 1. The minimum Gasteiger partial charge on any atom is -0.395 e. The molecule has 1 aliphatic carbocycles. The molecule has 0 aromatic carbocycles. The average molecular weight is 250 g/mol. The van der Waals surface area contributed by atoms with Gasteiger partial charge in [0.2, 0.25) is 0 Å². The number of anilines is 2. The fraction of sp³-hybridized carbons (Fsp3) is 0.692. The molecule has 1 aromatic heterocycles. The van der Waals surface area contributed by atoms with Gasteiger partial charge in [-0.1, -0.05) is 13.3 Å². The van der Waals surface area contributed by atoms with Gasteiger partial charge in [0, 0.05) is 25.1 Å². The molecule has 1 aromatic rings. The zero-order chi connectivity index (χ0) is 13.0. The Labute approximate surface area is 108 Å².